The second-order valence-corrected chi connectivity index (χ2v) is 8.82. The highest BCUT2D eigenvalue weighted by molar-refractivity contribution is 8.00. The number of likely N-dealkylation sites (tertiary alicyclic amines) is 1. The van der Waals surface area contributed by atoms with Crippen LogP contribution in [0.2, 0.25) is 10.0 Å². The van der Waals surface area contributed by atoms with Crippen molar-refractivity contribution in [1.82, 2.24) is 14.7 Å². The Labute approximate surface area is 162 Å². The molecular formula is C17H21Cl2N3O2S. The van der Waals surface area contributed by atoms with Gasteiger partial charge in [0, 0.05) is 45.0 Å². The number of carbonyl (C=O) groups is 2. The lowest BCUT2D eigenvalue weighted by molar-refractivity contribution is 0.0569. The lowest BCUT2D eigenvalue weighted by atomic mass is 10.0. The third kappa shape index (κ3) is 3.57. The van der Waals surface area contributed by atoms with Gasteiger partial charge in [-0.1, -0.05) is 23.2 Å². The fraction of sp³-hybridized carbons (Fsp3) is 0.529. The first-order valence-electron chi connectivity index (χ1n) is 8.21. The SMILES string of the molecule is CN(C)C(=O)N1CCC2(CC1)SCCN2C(=O)c1ccc(Cl)c(Cl)c1. The first kappa shape index (κ1) is 18.7. The summed E-state index contributed by atoms with van der Waals surface area (Å²) in [5.74, 6) is 0.894. The van der Waals surface area contributed by atoms with Gasteiger partial charge in [0.05, 0.1) is 14.9 Å². The number of rotatable bonds is 1. The Morgan fingerprint density at radius 3 is 2.40 bits per heavy atom. The van der Waals surface area contributed by atoms with E-state index in [0.717, 1.165) is 18.6 Å². The third-order valence-corrected chi connectivity index (χ3v) is 7.08. The van der Waals surface area contributed by atoms with Crippen molar-refractivity contribution in [1.29, 1.82) is 0 Å². The minimum absolute atomic E-state index is 0.0176. The van der Waals surface area contributed by atoms with Crippen LogP contribution in [0.1, 0.15) is 23.2 Å². The van der Waals surface area contributed by atoms with Gasteiger partial charge in [0.15, 0.2) is 0 Å². The Hall–Kier alpha value is -1.11. The van der Waals surface area contributed by atoms with Crippen molar-refractivity contribution in [3.8, 4) is 0 Å². The molecule has 2 fully saturated rings. The first-order chi connectivity index (χ1) is 11.8. The van der Waals surface area contributed by atoms with Crippen LogP contribution in [-0.2, 0) is 0 Å². The summed E-state index contributed by atoms with van der Waals surface area (Å²) in [7, 11) is 3.52. The summed E-state index contributed by atoms with van der Waals surface area (Å²) in [4.78, 5) is 30.3. The summed E-state index contributed by atoms with van der Waals surface area (Å²) in [5.41, 5.74) is 0.558. The van der Waals surface area contributed by atoms with Gasteiger partial charge >= 0.3 is 6.03 Å². The number of hydrogen-bond acceptors (Lipinski definition) is 3. The molecule has 0 radical (unpaired) electrons. The van der Waals surface area contributed by atoms with Gasteiger partial charge in [-0.15, -0.1) is 11.8 Å². The number of amides is 3. The number of halogens is 2. The summed E-state index contributed by atoms with van der Waals surface area (Å²) in [6.07, 6.45) is 1.56. The van der Waals surface area contributed by atoms with Gasteiger partial charge in [0.25, 0.3) is 5.91 Å². The van der Waals surface area contributed by atoms with E-state index in [1.54, 1.807) is 37.2 Å². The highest BCUT2D eigenvalue weighted by Crippen LogP contribution is 2.44. The molecule has 5 nitrogen and oxygen atoms in total. The zero-order valence-corrected chi connectivity index (χ0v) is 16.6. The topological polar surface area (TPSA) is 43.9 Å². The van der Waals surface area contributed by atoms with Crippen molar-refractivity contribution in [2.24, 2.45) is 0 Å². The summed E-state index contributed by atoms with van der Waals surface area (Å²) < 4.78 is 0. The molecule has 0 bridgehead atoms. The standard InChI is InChI=1S/C17H21Cl2N3O2S/c1-20(2)16(24)21-7-5-17(6-8-21)22(9-10-25-17)15(23)12-3-4-13(18)14(19)11-12/h3-4,11H,5-10H2,1-2H3. The molecule has 1 aromatic carbocycles. The van der Waals surface area contributed by atoms with E-state index >= 15 is 0 Å². The van der Waals surface area contributed by atoms with Crippen LogP contribution < -0.4 is 0 Å². The fourth-order valence-corrected chi connectivity index (χ4v) is 5.18. The van der Waals surface area contributed by atoms with Crippen molar-refractivity contribution in [3.05, 3.63) is 33.8 Å². The second-order valence-electron chi connectivity index (χ2n) is 6.54. The maximum atomic E-state index is 13.0. The molecule has 0 aromatic heterocycles. The van der Waals surface area contributed by atoms with E-state index < -0.39 is 0 Å². The summed E-state index contributed by atoms with van der Waals surface area (Å²) >= 11 is 13.8. The largest absolute Gasteiger partial charge is 0.331 e. The molecule has 25 heavy (non-hydrogen) atoms. The maximum Gasteiger partial charge on any atom is 0.319 e. The lowest BCUT2D eigenvalue weighted by Gasteiger charge is -2.44. The number of carbonyl (C=O) groups excluding carboxylic acids is 2. The van der Waals surface area contributed by atoms with Gasteiger partial charge in [0.2, 0.25) is 0 Å². The average molecular weight is 402 g/mol. The molecule has 0 saturated carbocycles. The van der Waals surface area contributed by atoms with Crippen LogP contribution >= 0.6 is 35.0 Å². The average Bonchev–Trinajstić information content (AvgIpc) is 2.99. The monoisotopic (exact) mass is 401 g/mol. The summed E-state index contributed by atoms with van der Waals surface area (Å²) in [6, 6.07) is 5.04. The number of hydrogen-bond donors (Lipinski definition) is 0. The zero-order chi connectivity index (χ0) is 18.2. The molecule has 2 aliphatic rings. The number of piperidine rings is 1. The fourth-order valence-electron chi connectivity index (χ4n) is 3.42. The van der Waals surface area contributed by atoms with Crippen LogP contribution in [0, 0.1) is 0 Å². The predicted molar refractivity (Wildman–Crippen MR) is 103 cm³/mol. The quantitative estimate of drug-likeness (QED) is 0.720. The summed E-state index contributed by atoms with van der Waals surface area (Å²) in [6.45, 7) is 2.04. The third-order valence-electron chi connectivity index (χ3n) is 4.79. The van der Waals surface area contributed by atoms with Crippen LogP contribution in [-0.4, -0.2) is 71.0 Å². The van der Waals surface area contributed by atoms with Gasteiger partial charge in [-0.25, -0.2) is 4.79 Å². The summed E-state index contributed by atoms with van der Waals surface area (Å²) in [5, 5.41) is 0.832. The number of urea groups is 1. The Morgan fingerprint density at radius 2 is 1.80 bits per heavy atom. The van der Waals surface area contributed by atoms with Gasteiger partial charge in [-0.05, 0) is 31.0 Å². The minimum atomic E-state index is -0.230. The van der Waals surface area contributed by atoms with Crippen LogP contribution in [0.5, 0.6) is 0 Å². The maximum absolute atomic E-state index is 13.0. The number of benzene rings is 1. The van der Waals surface area contributed by atoms with E-state index in [1.807, 2.05) is 21.6 Å². The van der Waals surface area contributed by atoms with Crippen LogP contribution in [0.25, 0.3) is 0 Å². The van der Waals surface area contributed by atoms with Crippen LogP contribution in [0.3, 0.4) is 0 Å². The lowest BCUT2D eigenvalue weighted by Crippen LogP contribution is -2.54. The van der Waals surface area contributed by atoms with Crippen molar-refractivity contribution >= 4 is 46.9 Å². The van der Waals surface area contributed by atoms with E-state index in [0.29, 0.717) is 35.2 Å². The number of nitrogens with zero attached hydrogens (tertiary/aromatic N) is 3. The normalized spacial score (nSPS) is 19.4. The number of thioether (sulfide) groups is 1. The van der Waals surface area contributed by atoms with Gasteiger partial charge in [-0.2, -0.15) is 0 Å². The highest BCUT2D eigenvalue weighted by atomic mass is 35.5. The van der Waals surface area contributed by atoms with E-state index in [2.05, 4.69) is 0 Å². The Morgan fingerprint density at radius 1 is 1.12 bits per heavy atom. The van der Waals surface area contributed by atoms with E-state index in [1.165, 1.54) is 0 Å². The van der Waals surface area contributed by atoms with Crippen LogP contribution in [0.15, 0.2) is 18.2 Å². The van der Waals surface area contributed by atoms with Crippen molar-refractivity contribution in [3.63, 3.8) is 0 Å². The molecule has 0 aliphatic carbocycles. The molecule has 0 N–H and O–H groups in total. The Balaban J connectivity index is 1.75. The van der Waals surface area contributed by atoms with E-state index in [9.17, 15) is 9.59 Å². The molecule has 1 spiro atoms. The molecule has 2 heterocycles. The van der Waals surface area contributed by atoms with E-state index in [-0.39, 0.29) is 16.8 Å². The van der Waals surface area contributed by atoms with Crippen molar-refractivity contribution in [2.75, 3.05) is 39.5 Å². The predicted octanol–water partition coefficient (Wildman–Crippen LogP) is 3.66. The Kier molecular flexibility index (Phi) is 5.42. The molecule has 3 rings (SSSR count). The van der Waals surface area contributed by atoms with Crippen molar-refractivity contribution < 1.29 is 9.59 Å². The van der Waals surface area contributed by atoms with E-state index in [4.69, 9.17) is 23.2 Å². The second kappa shape index (κ2) is 7.25. The molecule has 0 unspecified atom stereocenters. The molecule has 136 valence electrons. The van der Waals surface area contributed by atoms with Gasteiger partial charge < -0.3 is 14.7 Å². The Bertz CT molecular complexity index is 690. The van der Waals surface area contributed by atoms with Gasteiger partial charge in [-0.3, -0.25) is 4.79 Å². The molecular weight excluding hydrogens is 381 g/mol. The molecule has 2 saturated heterocycles. The molecule has 2 aliphatic heterocycles. The molecule has 0 atom stereocenters. The van der Waals surface area contributed by atoms with Gasteiger partial charge in [0.1, 0.15) is 0 Å². The molecule has 1 aromatic rings. The smallest absolute Gasteiger partial charge is 0.319 e. The zero-order valence-electron chi connectivity index (χ0n) is 14.3. The first-order valence-corrected chi connectivity index (χ1v) is 9.95. The molecule has 3 amide bonds. The van der Waals surface area contributed by atoms with Crippen molar-refractivity contribution in [2.45, 2.75) is 17.7 Å². The minimum Gasteiger partial charge on any atom is -0.331 e. The molecule has 8 heteroatoms. The van der Waals surface area contributed by atoms with Crippen LogP contribution in [0.4, 0.5) is 4.79 Å². The highest BCUT2D eigenvalue weighted by Gasteiger charge is 2.47.